The largest absolute Gasteiger partial charge is 0.342 e. The molecule has 0 bridgehead atoms. The van der Waals surface area contributed by atoms with Gasteiger partial charge in [-0.25, -0.2) is 0 Å². The van der Waals surface area contributed by atoms with Gasteiger partial charge in [-0.15, -0.1) is 0 Å². The number of benzene rings is 1. The van der Waals surface area contributed by atoms with E-state index in [2.05, 4.69) is 5.32 Å². The molecule has 1 fully saturated rings. The minimum Gasteiger partial charge on any atom is -0.342 e. The van der Waals surface area contributed by atoms with Crippen molar-refractivity contribution in [2.75, 3.05) is 4.90 Å². The van der Waals surface area contributed by atoms with Gasteiger partial charge in [-0.2, -0.15) is 0 Å². The highest BCUT2D eigenvalue weighted by Gasteiger charge is 2.41. The minimum atomic E-state index is -0.437. The molecular weight excluding hydrogens is 252 g/mol. The van der Waals surface area contributed by atoms with Crippen LogP contribution < -0.4 is 10.2 Å². The van der Waals surface area contributed by atoms with Crippen LogP contribution in [0, 0.1) is 12.8 Å². The van der Waals surface area contributed by atoms with Gasteiger partial charge < -0.3 is 5.32 Å². The zero-order valence-electron chi connectivity index (χ0n) is 12.5. The lowest BCUT2D eigenvalue weighted by molar-refractivity contribution is -0.134. The third kappa shape index (κ3) is 2.55. The molecule has 0 saturated carbocycles. The van der Waals surface area contributed by atoms with E-state index < -0.39 is 12.1 Å². The Labute approximate surface area is 120 Å². The Balaban J connectivity index is 2.44. The van der Waals surface area contributed by atoms with Crippen molar-refractivity contribution in [2.24, 2.45) is 5.92 Å². The second kappa shape index (κ2) is 5.65. The summed E-state index contributed by atoms with van der Waals surface area (Å²) in [5.41, 5.74) is 1.93. The first-order chi connectivity index (χ1) is 9.45. The van der Waals surface area contributed by atoms with Crippen molar-refractivity contribution in [3.63, 3.8) is 0 Å². The quantitative estimate of drug-likeness (QED) is 0.919. The third-order valence-corrected chi connectivity index (χ3v) is 3.75. The van der Waals surface area contributed by atoms with Crippen LogP contribution in [-0.2, 0) is 9.59 Å². The van der Waals surface area contributed by atoms with Gasteiger partial charge in [0.05, 0.1) is 0 Å². The normalized spacial score (nSPS) is 23.1. The van der Waals surface area contributed by atoms with Crippen molar-refractivity contribution in [2.45, 2.75) is 46.2 Å². The molecule has 4 heteroatoms. The highest BCUT2D eigenvalue weighted by Crippen LogP contribution is 2.26. The second-order valence-electron chi connectivity index (χ2n) is 5.70. The average Bonchev–Trinajstić information content (AvgIpc) is 2.41. The van der Waals surface area contributed by atoms with E-state index in [0.29, 0.717) is 6.42 Å². The number of hydrogen-bond acceptors (Lipinski definition) is 2. The molecule has 108 valence electrons. The van der Waals surface area contributed by atoms with E-state index in [1.165, 1.54) is 0 Å². The molecule has 1 N–H and O–H groups in total. The summed E-state index contributed by atoms with van der Waals surface area (Å²) in [5.74, 6) is -0.0141. The van der Waals surface area contributed by atoms with Crippen LogP contribution in [0.1, 0.15) is 32.8 Å². The summed E-state index contributed by atoms with van der Waals surface area (Å²) in [6.07, 6.45) is 0.609. The topological polar surface area (TPSA) is 49.4 Å². The van der Waals surface area contributed by atoms with Crippen LogP contribution in [0.4, 0.5) is 5.69 Å². The van der Waals surface area contributed by atoms with E-state index in [0.717, 1.165) is 11.3 Å². The van der Waals surface area contributed by atoms with E-state index in [9.17, 15) is 9.59 Å². The molecule has 0 radical (unpaired) electrons. The fraction of sp³-hybridized carbons (Fsp3) is 0.500. The van der Waals surface area contributed by atoms with Gasteiger partial charge in [0, 0.05) is 5.69 Å². The number of anilines is 1. The van der Waals surface area contributed by atoms with E-state index in [4.69, 9.17) is 0 Å². The summed E-state index contributed by atoms with van der Waals surface area (Å²) in [7, 11) is 0. The molecule has 2 atom stereocenters. The number of rotatable bonds is 3. The van der Waals surface area contributed by atoms with Gasteiger partial charge in [0.2, 0.25) is 11.8 Å². The molecule has 4 nitrogen and oxygen atoms in total. The minimum absolute atomic E-state index is 0.0188. The van der Waals surface area contributed by atoms with Crippen LogP contribution in [0.15, 0.2) is 24.3 Å². The molecule has 1 aromatic rings. The van der Waals surface area contributed by atoms with Crippen molar-refractivity contribution in [3.8, 4) is 0 Å². The van der Waals surface area contributed by atoms with Crippen molar-refractivity contribution < 1.29 is 9.59 Å². The molecule has 2 unspecified atom stereocenters. The predicted octanol–water partition coefficient (Wildman–Crippen LogP) is 2.26. The monoisotopic (exact) mass is 274 g/mol. The molecule has 0 spiro atoms. The summed E-state index contributed by atoms with van der Waals surface area (Å²) in [6, 6.07) is 6.90. The summed E-state index contributed by atoms with van der Waals surface area (Å²) >= 11 is 0. The molecule has 1 aliphatic rings. The van der Waals surface area contributed by atoms with E-state index in [1.807, 2.05) is 52.0 Å². The lowest BCUT2D eigenvalue weighted by Gasteiger charge is -2.40. The standard InChI is InChI=1S/C16H22N2O2/c1-5-13-16(20)18(12-8-6-11(4)7-9-12)14(10(2)3)15(19)17-13/h6-10,13-14H,5H2,1-4H3,(H,17,19). The zero-order valence-corrected chi connectivity index (χ0v) is 12.5. The Hall–Kier alpha value is -1.84. The lowest BCUT2D eigenvalue weighted by Crippen LogP contribution is -2.65. The maximum atomic E-state index is 12.6. The van der Waals surface area contributed by atoms with Crippen LogP contribution >= 0.6 is 0 Å². The van der Waals surface area contributed by atoms with Gasteiger partial charge in [0.1, 0.15) is 12.1 Å². The number of hydrogen-bond donors (Lipinski definition) is 1. The summed E-state index contributed by atoms with van der Waals surface area (Å²) < 4.78 is 0. The highest BCUT2D eigenvalue weighted by molar-refractivity contribution is 6.08. The molecule has 1 heterocycles. The molecule has 1 saturated heterocycles. The van der Waals surface area contributed by atoms with Crippen molar-refractivity contribution in [1.82, 2.24) is 5.32 Å². The summed E-state index contributed by atoms with van der Waals surface area (Å²) in [5, 5.41) is 2.83. The van der Waals surface area contributed by atoms with E-state index in [-0.39, 0.29) is 17.7 Å². The van der Waals surface area contributed by atoms with Crippen molar-refractivity contribution >= 4 is 17.5 Å². The van der Waals surface area contributed by atoms with Crippen molar-refractivity contribution in [3.05, 3.63) is 29.8 Å². The van der Waals surface area contributed by atoms with E-state index >= 15 is 0 Å². The molecule has 0 aromatic heterocycles. The van der Waals surface area contributed by atoms with Gasteiger partial charge in [0.15, 0.2) is 0 Å². The fourth-order valence-electron chi connectivity index (χ4n) is 2.61. The van der Waals surface area contributed by atoms with Gasteiger partial charge in [0.25, 0.3) is 0 Å². The number of amides is 2. The molecule has 2 rings (SSSR count). The Kier molecular flexibility index (Phi) is 4.12. The number of piperazine rings is 1. The van der Waals surface area contributed by atoms with Gasteiger partial charge in [-0.05, 0) is 31.4 Å². The molecule has 20 heavy (non-hydrogen) atoms. The molecule has 2 amide bonds. The maximum Gasteiger partial charge on any atom is 0.250 e. The smallest absolute Gasteiger partial charge is 0.250 e. The summed E-state index contributed by atoms with van der Waals surface area (Å²) in [4.78, 5) is 26.6. The Morgan fingerprint density at radius 3 is 2.30 bits per heavy atom. The molecule has 1 aliphatic heterocycles. The number of carbonyl (C=O) groups excluding carboxylic acids is 2. The summed E-state index contributed by atoms with van der Waals surface area (Å²) in [6.45, 7) is 7.84. The molecule has 1 aromatic carbocycles. The van der Waals surface area contributed by atoms with Crippen LogP contribution in [0.25, 0.3) is 0 Å². The average molecular weight is 274 g/mol. The van der Waals surface area contributed by atoms with Crippen LogP contribution in [0.2, 0.25) is 0 Å². The Morgan fingerprint density at radius 2 is 1.80 bits per heavy atom. The second-order valence-corrected chi connectivity index (χ2v) is 5.70. The van der Waals surface area contributed by atoms with Crippen molar-refractivity contribution in [1.29, 1.82) is 0 Å². The maximum absolute atomic E-state index is 12.6. The fourth-order valence-corrected chi connectivity index (χ4v) is 2.61. The number of carbonyl (C=O) groups is 2. The Bertz CT molecular complexity index is 508. The highest BCUT2D eigenvalue weighted by atomic mass is 16.2. The van der Waals surface area contributed by atoms with Gasteiger partial charge in [-0.1, -0.05) is 38.5 Å². The first-order valence-electron chi connectivity index (χ1n) is 7.15. The number of aryl methyl sites for hydroxylation is 1. The zero-order chi connectivity index (χ0) is 14.9. The van der Waals surface area contributed by atoms with Crippen LogP contribution in [0.3, 0.4) is 0 Å². The first-order valence-corrected chi connectivity index (χ1v) is 7.15. The lowest BCUT2D eigenvalue weighted by atomic mass is 9.95. The van der Waals surface area contributed by atoms with Crippen LogP contribution in [0.5, 0.6) is 0 Å². The predicted molar refractivity (Wildman–Crippen MR) is 79.5 cm³/mol. The van der Waals surface area contributed by atoms with E-state index in [1.54, 1.807) is 4.90 Å². The van der Waals surface area contributed by atoms with Gasteiger partial charge in [-0.3, -0.25) is 14.5 Å². The SMILES string of the molecule is CCC1NC(=O)C(C(C)C)N(c2ccc(C)cc2)C1=O. The molecular formula is C16H22N2O2. The van der Waals surface area contributed by atoms with Crippen LogP contribution in [-0.4, -0.2) is 23.9 Å². The number of nitrogens with one attached hydrogen (secondary N) is 1. The first kappa shape index (κ1) is 14.6. The van der Waals surface area contributed by atoms with Gasteiger partial charge >= 0.3 is 0 Å². The third-order valence-electron chi connectivity index (χ3n) is 3.75. The number of nitrogens with zero attached hydrogens (tertiary/aromatic N) is 1. The molecule has 0 aliphatic carbocycles. The Morgan fingerprint density at radius 1 is 1.20 bits per heavy atom.